The molecule has 1 N–H and O–H groups in total. The summed E-state index contributed by atoms with van der Waals surface area (Å²) in [5, 5.41) is 20.0. The van der Waals surface area contributed by atoms with E-state index in [0.717, 1.165) is 11.3 Å². The van der Waals surface area contributed by atoms with Crippen molar-refractivity contribution in [2.45, 2.75) is 32.7 Å². The minimum Gasteiger partial charge on any atom is -0.328 e. The average Bonchev–Trinajstić information content (AvgIpc) is 3.15. The van der Waals surface area contributed by atoms with Crippen molar-refractivity contribution in [2.75, 3.05) is 5.32 Å². The number of fused-ring (bicyclic) bond motifs is 1. The van der Waals surface area contributed by atoms with E-state index in [4.69, 9.17) is 11.6 Å². The number of carbonyl (C=O) groups excluding carboxylic acids is 1. The molecule has 3 aromatic rings. The van der Waals surface area contributed by atoms with Crippen LogP contribution >= 0.6 is 11.6 Å². The third-order valence-corrected chi connectivity index (χ3v) is 6.08. The molecule has 1 atom stereocenters. The number of allylic oxidation sites excluding steroid dienone is 2. The maximum absolute atomic E-state index is 13.3. The van der Waals surface area contributed by atoms with Crippen LogP contribution in [0.3, 0.4) is 0 Å². The van der Waals surface area contributed by atoms with Crippen LogP contribution in [0.5, 0.6) is 0 Å². The number of nitro groups is 1. The lowest BCUT2D eigenvalue weighted by Gasteiger charge is -2.38. The molecule has 0 fully saturated rings. The number of carbonyl (C=O) groups is 1. The molecule has 0 radical (unpaired) electrons. The van der Waals surface area contributed by atoms with Gasteiger partial charge in [0.2, 0.25) is 5.95 Å². The zero-order chi connectivity index (χ0) is 22.6. The third-order valence-electron chi connectivity index (χ3n) is 5.83. The van der Waals surface area contributed by atoms with E-state index < -0.39 is 11.0 Å². The summed E-state index contributed by atoms with van der Waals surface area (Å²) in [5.41, 5.74) is 2.55. The summed E-state index contributed by atoms with van der Waals surface area (Å²) in [6.45, 7) is 4.11. The normalized spacial score (nSPS) is 19.2. The second-order valence-corrected chi connectivity index (χ2v) is 9.36. The molecule has 1 aliphatic heterocycles. The quantitative estimate of drug-likeness (QED) is 0.437. The zero-order valence-corrected chi connectivity index (χ0v) is 18.3. The SMILES string of the molecule is CC1(C)CC(=O)C2=C(C1)Nc1nc(-c3ccc(Cl)cc3)nn1C2c1cccc([N+](=O)[O-])c1. The number of non-ortho nitro benzene ring substituents is 1. The molecule has 2 aliphatic rings. The van der Waals surface area contributed by atoms with Crippen molar-refractivity contribution < 1.29 is 9.72 Å². The number of ketones is 1. The number of rotatable bonds is 3. The number of benzene rings is 2. The van der Waals surface area contributed by atoms with Gasteiger partial charge in [0, 0.05) is 40.4 Å². The van der Waals surface area contributed by atoms with Crippen molar-refractivity contribution >= 4 is 29.0 Å². The summed E-state index contributed by atoms with van der Waals surface area (Å²) in [7, 11) is 0. The maximum atomic E-state index is 13.3. The Balaban J connectivity index is 1.69. The summed E-state index contributed by atoms with van der Waals surface area (Å²) in [5.74, 6) is 0.983. The molecule has 2 heterocycles. The minimum absolute atomic E-state index is 0.00875. The number of halogens is 1. The van der Waals surface area contributed by atoms with Crippen LogP contribution in [-0.2, 0) is 4.79 Å². The summed E-state index contributed by atoms with van der Waals surface area (Å²) < 4.78 is 1.65. The van der Waals surface area contributed by atoms with Gasteiger partial charge in [-0.15, -0.1) is 5.10 Å². The standard InChI is InChI=1S/C23H20ClN5O3/c1-23(2)11-17-19(18(30)12-23)20(14-4-3-5-16(10-14)29(31)32)28-22(25-17)26-21(27-28)13-6-8-15(24)9-7-13/h3-10,20H,11-12H2,1-2H3,(H,25,26,27). The number of nitrogens with zero attached hydrogens (tertiary/aromatic N) is 4. The molecule has 162 valence electrons. The Labute approximate surface area is 189 Å². The van der Waals surface area contributed by atoms with Crippen LogP contribution < -0.4 is 5.32 Å². The zero-order valence-electron chi connectivity index (χ0n) is 17.5. The second kappa shape index (κ2) is 7.27. The van der Waals surface area contributed by atoms with Gasteiger partial charge in [0.05, 0.1) is 4.92 Å². The first kappa shape index (κ1) is 20.4. The molecule has 0 amide bonds. The van der Waals surface area contributed by atoms with Crippen LogP contribution in [0.15, 0.2) is 59.8 Å². The van der Waals surface area contributed by atoms with Gasteiger partial charge in [-0.1, -0.05) is 37.6 Å². The summed E-state index contributed by atoms with van der Waals surface area (Å²) in [6.07, 6.45) is 1.07. The Hall–Kier alpha value is -3.52. The fourth-order valence-corrected chi connectivity index (χ4v) is 4.57. The van der Waals surface area contributed by atoms with Crippen LogP contribution in [0.4, 0.5) is 11.6 Å². The highest BCUT2D eigenvalue weighted by Gasteiger charge is 2.42. The van der Waals surface area contributed by atoms with Gasteiger partial charge in [0.15, 0.2) is 11.6 Å². The lowest BCUT2D eigenvalue weighted by molar-refractivity contribution is -0.384. The van der Waals surface area contributed by atoms with Crippen LogP contribution in [0.1, 0.15) is 38.3 Å². The molecular weight excluding hydrogens is 430 g/mol. The summed E-state index contributed by atoms with van der Waals surface area (Å²) in [4.78, 5) is 28.9. The van der Waals surface area contributed by atoms with Gasteiger partial charge in [0.1, 0.15) is 6.04 Å². The minimum atomic E-state index is -0.599. The van der Waals surface area contributed by atoms with Gasteiger partial charge in [0.25, 0.3) is 5.69 Å². The Kier molecular flexibility index (Phi) is 4.63. The van der Waals surface area contributed by atoms with Crippen LogP contribution in [0.2, 0.25) is 5.02 Å². The van der Waals surface area contributed by atoms with Crippen molar-refractivity contribution in [1.29, 1.82) is 0 Å². The number of aromatic nitrogens is 3. The van der Waals surface area contributed by atoms with E-state index >= 15 is 0 Å². The van der Waals surface area contributed by atoms with Crippen molar-refractivity contribution in [3.05, 3.63) is 80.5 Å². The van der Waals surface area contributed by atoms with E-state index in [9.17, 15) is 14.9 Å². The summed E-state index contributed by atoms with van der Waals surface area (Å²) in [6, 6.07) is 12.9. The highest BCUT2D eigenvalue weighted by atomic mass is 35.5. The van der Waals surface area contributed by atoms with Gasteiger partial charge in [-0.05, 0) is 41.7 Å². The molecule has 32 heavy (non-hydrogen) atoms. The second-order valence-electron chi connectivity index (χ2n) is 8.92. The van der Waals surface area contributed by atoms with E-state index in [1.807, 2.05) is 12.1 Å². The molecule has 0 bridgehead atoms. The molecule has 1 aliphatic carbocycles. The Morgan fingerprint density at radius 2 is 1.94 bits per heavy atom. The Morgan fingerprint density at radius 1 is 1.19 bits per heavy atom. The number of anilines is 1. The average molecular weight is 450 g/mol. The predicted octanol–water partition coefficient (Wildman–Crippen LogP) is 5.16. The van der Waals surface area contributed by atoms with Crippen LogP contribution in [0.25, 0.3) is 11.4 Å². The lowest BCUT2D eigenvalue weighted by Crippen LogP contribution is -2.36. The van der Waals surface area contributed by atoms with Gasteiger partial charge in [-0.2, -0.15) is 4.98 Å². The van der Waals surface area contributed by atoms with E-state index in [2.05, 4.69) is 29.2 Å². The van der Waals surface area contributed by atoms with E-state index in [1.165, 1.54) is 12.1 Å². The molecule has 0 saturated carbocycles. The van der Waals surface area contributed by atoms with Crippen molar-refractivity contribution in [1.82, 2.24) is 14.8 Å². The van der Waals surface area contributed by atoms with E-state index in [1.54, 1.807) is 28.9 Å². The van der Waals surface area contributed by atoms with Gasteiger partial charge in [-0.3, -0.25) is 14.9 Å². The molecule has 2 aromatic carbocycles. The van der Waals surface area contributed by atoms with Gasteiger partial charge >= 0.3 is 0 Å². The topological polar surface area (TPSA) is 103 Å². The molecule has 9 heteroatoms. The molecule has 8 nitrogen and oxygen atoms in total. The molecule has 1 aromatic heterocycles. The number of hydrogen-bond acceptors (Lipinski definition) is 6. The highest BCUT2D eigenvalue weighted by Crippen LogP contribution is 2.46. The number of Topliss-reactive ketones (excluding diaryl/α,β-unsaturated/α-hetero) is 1. The first-order chi connectivity index (χ1) is 15.2. The first-order valence-corrected chi connectivity index (χ1v) is 10.6. The van der Waals surface area contributed by atoms with E-state index in [0.29, 0.717) is 40.8 Å². The number of nitrogens with one attached hydrogen (secondary N) is 1. The monoisotopic (exact) mass is 449 g/mol. The molecule has 0 spiro atoms. The molecule has 1 unspecified atom stereocenters. The first-order valence-electron chi connectivity index (χ1n) is 10.2. The van der Waals surface area contributed by atoms with Crippen molar-refractivity contribution in [3.8, 4) is 11.4 Å². The van der Waals surface area contributed by atoms with E-state index in [-0.39, 0.29) is 16.9 Å². The Bertz CT molecular complexity index is 1290. The van der Waals surface area contributed by atoms with Crippen LogP contribution in [-0.4, -0.2) is 25.5 Å². The smallest absolute Gasteiger partial charge is 0.269 e. The maximum Gasteiger partial charge on any atom is 0.269 e. The number of hydrogen-bond donors (Lipinski definition) is 1. The Morgan fingerprint density at radius 3 is 2.66 bits per heavy atom. The fourth-order valence-electron chi connectivity index (χ4n) is 4.45. The highest BCUT2D eigenvalue weighted by molar-refractivity contribution is 6.30. The molecular formula is C23H20ClN5O3. The third kappa shape index (κ3) is 3.46. The predicted molar refractivity (Wildman–Crippen MR) is 120 cm³/mol. The van der Waals surface area contributed by atoms with Crippen molar-refractivity contribution in [3.63, 3.8) is 0 Å². The molecule has 0 saturated heterocycles. The van der Waals surface area contributed by atoms with Gasteiger partial charge < -0.3 is 5.32 Å². The van der Waals surface area contributed by atoms with Crippen LogP contribution in [0, 0.1) is 15.5 Å². The van der Waals surface area contributed by atoms with Crippen molar-refractivity contribution in [2.24, 2.45) is 5.41 Å². The van der Waals surface area contributed by atoms with Gasteiger partial charge in [-0.25, -0.2) is 4.68 Å². The lowest BCUT2D eigenvalue weighted by atomic mass is 9.73. The summed E-state index contributed by atoms with van der Waals surface area (Å²) >= 11 is 6.01. The largest absolute Gasteiger partial charge is 0.328 e. The number of nitro benzene ring substituents is 1. The molecule has 5 rings (SSSR count). The fraction of sp³-hybridized carbons (Fsp3) is 0.261.